The zero-order valence-electron chi connectivity index (χ0n) is 17.8. The molecule has 2 aliphatic rings. The van der Waals surface area contributed by atoms with Crippen molar-refractivity contribution >= 4 is 31.7 Å². The van der Waals surface area contributed by atoms with Crippen molar-refractivity contribution in [2.75, 3.05) is 0 Å². The molecule has 0 aromatic heterocycles. The van der Waals surface area contributed by atoms with Gasteiger partial charge in [0.1, 0.15) is 0 Å². The molecule has 0 atom stereocenters. The Labute approximate surface area is 194 Å². The van der Waals surface area contributed by atoms with E-state index in [-0.39, 0.29) is 39.7 Å². The molecule has 0 bridgehead atoms. The minimum absolute atomic E-state index is 0. The topological polar surface area (TPSA) is 0 Å². The second-order valence-corrected chi connectivity index (χ2v) is 5.95. The first-order chi connectivity index (χ1) is 10.7. The first kappa shape index (κ1) is 37.4. The van der Waals surface area contributed by atoms with Crippen LogP contribution in [0.15, 0.2) is 34.4 Å². The van der Waals surface area contributed by atoms with Gasteiger partial charge in [-0.25, -0.2) is 23.3 Å². The van der Waals surface area contributed by atoms with Gasteiger partial charge in [0.05, 0.1) is 0 Å². The molecule has 0 aliphatic heterocycles. The van der Waals surface area contributed by atoms with Crippen LogP contribution in [0.25, 0.3) is 0 Å². The van der Waals surface area contributed by atoms with Crippen molar-refractivity contribution in [3.63, 3.8) is 0 Å². The molecule has 26 heavy (non-hydrogen) atoms. The quantitative estimate of drug-likeness (QED) is 0.268. The van der Waals surface area contributed by atoms with Gasteiger partial charge in [0.25, 0.3) is 0 Å². The Balaban J connectivity index is -0.0000000904. The molecular weight excluding hydrogens is 454 g/mol. The minimum atomic E-state index is 0. The van der Waals surface area contributed by atoms with Crippen LogP contribution in [0, 0.1) is 27.0 Å². The molecule has 0 saturated carbocycles. The van der Waals surface area contributed by atoms with Gasteiger partial charge in [0.2, 0.25) is 0 Å². The summed E-state index contributed by atoms with van der Waals surface area (Å²) in [5.41, 5.74) is 5.79. The standard InChI is InChI=1S/2C10H15.2CH3.2ClH.H2Si.Zr/c2*1-3-4-5-10-7-6-9(2)8-10;;;;;;/h2*8H,3-6H2,1-2H3;2*1H3;2*1H;1H2;/q4*-1;;;;. The van der Waals surface area contributed by atoms with E-state index in [0.29, 0.717) is 0 Å². The first-order valence-electron chi connectivity index (χ1n) is 8.54. The molecule has 0 nitrogen and oxygen atoms in total. The summed E-state index contributed by atoms with van der Waals surface area (Å²) in [6.45, 7) is 10.8. The van der Waals surface area contributed by atoms with Crippen LogP contribution in [-0.2, 0) is 23.3 Å². The van der Waals surface area contributed by atoms with Crippen LogP contribution in [0.4, 0.5) is 0 Å². The van der Waals surface area contributed by atoms with Crippen LogP contribution in [0.3, 0.4) is 0 Å². The average Bonchev–Trinajstić information content (AvgIpc) is 3.14. The van der Waals surface area contributed by atoms with E-state index in [9.17, 15) is 0 Å². The van der Waals surface area contributed by atoms with Crippen molar-refractivity contribution in [2.45, 2.75) is 79.1 Å². The number of allylic oxidation sites excluding steroid dienone is 8. The van der Waals surface area contributed by atoms with Crippen molar-refractivity contribution in [3.8, 4) is 0 Å². The van der Waals surface area contributed by atoms with E-state index in [1.165, 1.54) is 60.8 Å². The molecule has 0 heterocycles. The van der Waals surface area contributed by atoms with Gasteiger partial charge in [-0.1, -0.05) is 66.2 Å². The summed E-state index contributed by atoms with van der Waals surface area (Å²) in [6.07, 6.45) is 21.1. The molecule has 2 rings (SSSR count). The van der Waals surface area contributed by atoms with Gasteiger partial charge in [0, 0.05) is 0 Å². The molecule has 2 aliphatic carbocycles. The molecule has 0 amide bonds. The fourth-order valence-corrected chi connectivity index (χ4v) is 2.36. The molecule has 0 unspecified atom stereocenters. The summed E-state index contributed by atoms with van der Waals surface area (Å²) in [4.78, 5) is 0. The summed E-state index contributed by atoms with van der Waals surface area (Å²) in [6, 6.07) is 0. The van der Waals surface area contributed by atoms with Crippen molar-refractivity contribution in [1.82, 2.24) is 0 Å². The Morgan fingerprint density at radius 3 is 1.31 bits per heavy atom. The molecular formula is C22H40Cl2SiZr-4. The van der Waals surface area contributed by atoms with Crippen molar-refractivity contribution < 1.29 is 23.3 Å². The van der Waals surface area contributed by atoms with Crippen molar-refractivity contribution in [2.24, 2.45) is 0 Å². The van der Waals surface area contributed by atoms with Crippen LogP contribution < -0.4 is 0 Å². The predicted molar refractivity (Wildman–Crippen MR) is 125 cm³/mol. The number of rotatable bonds is 6. The summed E-state index contributed by atoms with van der Waals surface area (Å²) in [5.74, 6) is 0. The van der Waals surface area contributed by atoms with Crippen LogP contribution in [-0.4, -0.2) is 6.88 Å². The Bertz CT molecular complexity index is 397. The third-order valence-corrected chi connectivity index (χ3v) is 3.63. The van der Waals surface area contributed by atoms with E-state index in [1.807, 2.05) is 6.88 Å². The molecule has 4 heteroatoms. The van der Waals surface area contributed by atoms with Gasteiger partial charge in [0.15, 0.2) is 0 Å². The molecule has 0 aromatic carbocycles. The third kappa shape index (κ3) is 19.4. The molecule has 154 valence electrons. The molecule has 0 N–H and O–H groups in total. The Hall–Kier alpha value is 0.640. The summed E-state index contributed by atoms with van der Waals surface area (Å²) in [7, 11) is 0. The number of unbranched alkanes of at least 4 members (excludes halogenated alkanes) is 2. The van der Waals surface area contributed by atoms with E-state index >= 15 is 0 Å². The summed E-state index contributed by atoms with van der Waals surface area (Å²) < 4.78 is 0. The van der Waals surface area contributed by atoms with E-state index in [1.54, 1.807) is 23.3 Å². The second-order valence-electron chi connectivity index (χ2n) is 5.95. The zero-order chi connectivity index (χ0) is 16.8. The van der Waals surface area contributed by atoms with Crippen LogP contribution in [0.2, 0.25) is 0 Å². The predicted octanol–water partition coefficient (Wildman–Crippen LogP) is 7.34. The van der Waals surface area contributed by atoms with E-state index < -0.39 is 0 Å². The normalized spacial score (nSPS) is 13.2. The Morgan fingerprint density at radius 2 is 1.12 bits per heavy atom. The number of hydrogen-bond donors (Lipinski definition) is 0. The first-order valence-corrected chi connectivity index (χ1v) is 14.5. The van der Waals surface area contributed by atoms with Gasteiger partial charge in [-0.15, -0.1) is 37.7 Å². The number of halogens is 2. The van der Waals surface area contributed by atoms with Gasteiger partial charge >= 0.3 is 30.2 Å². The third-order valence-electron chi connectivity index (χ3n) is 3.63. The van der Waals surface area contributed by atoms with Crippen LogP contribution in [0.1, 0.15) is 79.1 Å². The number of hydrogen-bond acceptors (Lipinski definition) is 0. The van der Waals surface area contributed by atoms with Gasteiger partial charge in [-0.05, 0) is 0 Å². The van der Waals surface area contributed by atoms with E-state index in [0.717, 1.165) is 12.8 Å². The second kappa shape index (κ2) is 25.6. The van der Waals surface area contributed by atoms with Gasteiger partial charge in [-0.3, -0.25) is 12.2 Å². The Kier molecular flexibility index (Phi) is 36.9. The molecule has 0 aromatic rings. The van der Waals surface area contributed by atoms with Gasteiger partial charge in [-0.2, -0.15) is 11.1 Å². The average molecular weight is 495 g/mol. The molecule has 0 fully saturated rings. The fourth-order valence-electron chi connectivity index (χ4n) is 2.36. The molecule has 0 spiro atoms. The zero-order valence-corrected chi connectivity index (χ0v) is 23.3. The SMILES string of the molecule is CCCCC1=[C-]CC(C)=C1.CCCCC1=[C-]CC(C)=C1.Cl.Cl.[CH3-].[CH3-].[SiH2]=[Zr]. The summed E-state index contributed by atoms with van der Waals surface area (Å²) >= 11 is 1.58. The molecule has 0 radical (unpaired) electrons. The van der Waals surface area contributed by atoms with Crippen LogP contribution in [0.5, 0.6) is 0 Å². The monoisotopic (exact) mass is 492 g/mol. The van der Waals surface area contributed by atoms with Crippen molar-refractivity contribution in [3.05, 3.63) is 61.4 Å². The fraction of sp³-hybridized carbons (Fsp3) is 0.545. The summed E-state index contributed by atoms with van der Waals surface area (Å²) in [5, 5.41) is 0. The molecule has 0 saturated heterocycles. The van der Waals surface area contributed by atoms with E-state index in [2.05, 4.69) is 52.0 Å². The maximum atomic E-state index is 3.37. The van der Waals surface area contributed by atoms with E-state index in [4.69, 9.17) is 0 Å². The Morgan fingerprint density at radius 1 is 0.808 bits per heavy atom. The maximum absolute atomic E-state index is 3.37. The van der Waals surface area contributed by atoms with Crippen LogP contribution >= 0.6 is 24.8 Å². The van der Waals surface area contributed by atoms with Crippen molar-refractivity contribution in [1.29, 1.82) is 0 Å². The van der Waals surface area contributed by atoms with Gasteiger partial charge < -0.3 is 14.9 Å².